The van der Waals surface area contributed by atoms with Crippen molar-refractivity contribution in [3.63, 3.8) is 0 Å². The van der Waals surface area contributed by atoms with Crippen molar-refractivity contribution in [2.45, 2.75) is 0 Å². The number of fused-ring (bicyclic) bond motifs is 6. The Morgan fingerprint density at radius 2 is 1.07 bits per heavy atom. The molecule has 5 heteroatoms. The fourth-order valence-corrected chi connectivity index (χ4v) is 9.09. The highest BCUT2D eigenvalue weighted by molar-refractivity contribution is 7.26. The topological polar surface area (TPSA) is 43.6 Å². The van der Waals surface area contributed by atoms with E-state index in [-0.39, 0.29) is 29.7 Å². The Hall–Kier alpha value is -7.21. The van der Waals surface area contributed by atoms with Crippen molar-refractivity contribution in [1.29, 1.82) is 0 Å². The van der Waals surface area contributed by atoms with E-state index in [0.717, 1.165) is 75.5 Å². The van der Waals surface area contributed by atoms with Gasteiger partial charge in [-0.2, -0.15) is 0 Å². The SMILES string of the molecule is [2H]c1c([2H])c([2H])c(-c2cc(-c3ccccc3)cc3c2sc2cccc(-c4nc(-c5ccccc5)nc(-c5cccc6c7ccccc7n(-c7ccccc7)c56)n4)c23)c([2H])c1[2H]. The molecule has 0 radical (unpaired) electrons. The summed E-state index contributed by atoms with van der Waals surface area (Å²) in [6.07, 6.45) is 0. The fraction of sp³-hybridized carbons (Fsp3) is 0. The predicted molar refractivity (Wildman–Crippen MR) is 234 cm³/mol. The molecule has 0 unspecified atom stereocenters. The number of thiophene rings is 1. The van der Waals surface area contributed by atoms with Crippen LogP contribution in [0, 0.1) is 0 Å². The summed E-state index contributed by atoms with van der Waals surface area (Å²) >= 11 is 1.52. The highest BCUT2D eigenvalue weighted by Crippen LogP contribution is 2.46. The first-order valence-corrected chi connectivity index (χ1v) is 19.2. The Kier molecular flexibility index (Phi) is 6.49. The Labute approximate surface area is 334 Å². The molecular weight excluding hydrogens is 701 g/mol. The maximum absolute atomic E-state index is 9.01. The highest BCUT2D eigenvalue weighted by atomic mass is 32.1. The van der Waals surface area contributed by atoms with Crippen LogP contribution in [0.1, 0.15) is 6.85 Å². The van der Waals surface area contributed by atoms with Crippen LogP contribution in [0.15, 0.2) is 194 Å². The largest absolute Gasteiger partial charge is 0.309 e. The van der Waals surface area contributed by atoms with E-state index in [9.17, 15) is 0 Å². The van der Waals surface area contributed by atoms with E-state index in [2.05, 4.69) is 71.3 Å². The van der Waals surface area contributed by atoms with E-state index in [1.807, 2.05) is 97.1 Å². The van der Waals surface area contributed by atoms with E-state index in [1.165, 1.54) is 11.3 Å². The van der Waals surface area contributed by atoms with Gasteiger partial charge in [-0.25, -0.2) is 15.0 Å². The molecule has 0 aliphatic heterocycles. The Morgan fingerprint density at radius 3 is 1.86 bits per heavy atom. The number of aromatic nitrogens is 4. The van der Waals surface area contributed by atoms with Gasteiger partial charge in [0.1, 0.15) is 0 Å². The minimum Gasteiger partial charge on any atom is -0.309 e. The molecule has 0 fully saturated rings. The van der Waals surface area contributed by atoms with Gasteiger partial charge in [-0.15, -0.1) is 11.3 Å². The minimum absolute atomic E-state index is 0.164. The average molecular weight is 738 g/mol. The summed E-state index contributed by atoms with van der Waals surface area (Å²) in [6, 6.07) is 53.4. The lowest BCUT2D eigenvalue weighted by Gasteiger charge is -2.13. The van der Waals surface area contributed by atoms with Gasteiger partial charge >= 0.3 is 0 Å². The van der Waals surface area contributed by atoms with E-state index in [0.29, 0.717) is 23.0 Å². The lowest BCUT2D eigenvalue weighted by Crippen LogP contribution is -2.02. The molecule has 0 saturated carbocycles. The normalized spacial score (nSPS) is 12.8. The maximum Gasteiger partial charge on any atom is 0.166 e. The van der Waals surface area contributed by atoms with Crippen LogP contribution >= 0.6 is 11.3 Å². The second-order valence-corrected chi connectivity index (χ2v) is 14.7. The first-order valence-electron chi connectivity index (χ1n) is 20.9. The molecule has 262 valence electrons. The van der Waals surface area contributed by atoms with Crippen LogP contribution in [0.5, 0.6) is 0 Å². The Morgan fingerprint density at radius 1 is 0.446 bits per heavy atom. The van der Waals surface area contributed by atoms with Crippen molar-refractivity contribution in [1.82, 2.24) is 19.5 Å². The number of benzene rings is 8. The average Bonchev–Trinajstić information content (AvgIpc) is 3.87. The monoisotopic (exact) mass is 737 g/mol. The zero-order chi connectivity index (χ0) is 41.4. The predicted octanol–water partition coefficient (Wildman–Crippen LogP) is 13.7. The first kappa shape index (κ1) is 27.4. The van der Waals surface area contributed by atoms with Gasteiger partial charge in [0.2, 0.25) is 0 Å². The van der Waals surface area contributed by atoms with Crippen LogP contribution < -0.4 is 0 Å². The second kappa shape index (κ2) is 13.3. The number of rotatable bonds is 6. The van der Waals surface area contributed by atoms with Crippen LogP contribution in [0.2, 0.25) is 0 Å². The summed E-state index contributed by atoms with van der Waals surface area (Å²) in [5.41, 5.74) is 8.11. The summed E-state index contributed by atoms with van der Waals surface area (Å²) in [7, 11) is 0. The Bertz CT molecular complexity index is 3500. The molecule has 4 nitrogen and oxygen atoms in total. The molecule has 56 heavy (non-hydrogen) atoms. The second-order valence-electron chi connectivity index (χ2n) is 13.6. The van der Waals surface area contributed by atoms with E-state index in [1.54, 1.807) is 0 Å². The lowest BCUT2D eigenvalue weighted by atomic mass is 9.95. The summed E-state index contributed by atoms with van der Waals surface area (Å²) in [5.74, 6) is 1.54. The molecule has 11 rings (SSSR count). The molecule has 3 heterocycles. The third-order valence-corrected chi connectivity index (χ3v) is 11.5. The molecule has 3 aromatic heterocycles. The zero-order valence-corrected chi connectivity index (χ0v) is 30.6. The summed E-state index contributed by atoms with van der Waals surface area (Å²) < 4.78 is 47.5. The van der Waals surface area contributed by atoms with Gasteiger partial charge in [-0.3, -0.25) is 0 Å². The van der Waals surface area contributed by atoms with Gasteiger partial charge in [0, 0.05) is 58.9 Å². The quantitative estimate of drug-likeness (QED) is 0.171. The third kappa shape index (κ3) is 5.32. The first-order chi connectivity index (χ1) is 29.9. The molecule has 11 aromatic rings. The van der Waals surface area contributed by atoms with Crippen molar-refractivity contribution in [2.24, 2.45) is 0 Å². The zero-order valence-electron chi connectivity index (χ0n) is 34.8. The van der Waals surface area contributed by atoms with Gasteiger partial charge in [0.05, 0.1) is 17.9 Å². The molecule has 0 saturated heterocycles. The number of hydrogen-bond acceptors (Lipinski definition) is 4. The van der Waals surface area contributed by atoms with Crippen molar-refractivity contribution in [2.75, 3.05) is 0 Å². The van der Waals surface area contributed by atoms with Crippen molar-refractivity contribution < 1.29 is 6.85 Å². The number of para-hydroxylation sites is 3. The van der Waals surface area contributed by atoms with Crippen LogP contribution in [0.25, 0.3) is 104 Å². The third-order valence-electron chi connectivity index (χ3n) is 10.3. The van der Waals surface area contributed by atoms with E-state index >= 15 is 0 Å². The fourth-order valence-electron chi connectivity index (χ4n) is 7.86. The van der Waals surface area contributed by atoms with Gasteiger partial charge in [0.15, 0.2) is 17.5 Å². The molecule has 0 aliphatic carbocycles. The molecule has 0 N–H and O–H groups in total. The summed E-state index contributed by atoms with van der Waals surface area (Å²) in [6.45, 7) is 0. The van der Waals surface area contributed by atoms with E-state index < -0.39 is 6.04 Å². The van der Waals surface area contributed by atoms with Crippen molar-refractivity contribution >= 4 is 53.3 Å². The van der Waals surface area contributed by atoms with Crippen LogP contribution in [-0.2, 0) is 0 Å². The van der Waals surface area contributed by atoms with E-state index in [4.69, 9.17) is 21.8 Å². The highest BCUT2D eigenvalue weighted by Gasteiger charge is 2.22. The summed E-state index contributed by atoms with van der Waals surface area (Å²) in [5, 5.41) is 3.98. The number of nitrogens with zero attached hydrogens (tertiary/aromatic N) is 4. The molecule has 8 aromatic carbocycles. The van der Waals surface area contributed by atoms with Crippen molar-refractivity contribution in [3.8, 4) is 62.1 Å². The van der Waals surface area contributed by atoms with Crippen LogP contribution in [0.4, 0.5) is 0 Å². The van der Waals surface area contributed by atoms with Gasteiger partial charge in [0.25, 0.3) is 0 Å². The molecular formula is C51H32N4S. The minimum atomic E-state index is -0.424. The molecule has 0 spiro atoms. The molecule has 0 amide bonds. The summed E-state index contributed by atoms with van der Waals surface area (Å²) in [4.78, 5) is 15.8. The standard InChI is InChI=1S/C51H32N4S/c1-5-17-33(18-6-1)36-31-42(34-19-7-2-8-20-34)48-43(32-36)46-40(27-16-30-45(46)56-48)50-52-49(35-21-9-3-10-22-35)53-51(54-50)41-28-15-26-39-38-25-13-14-29-44(38)55(47(39)41)37-23-11-4-12-24-37/h1-32H/i2D,7D,8D,19D,20D. The lowest BCUT2D eigenvalue weighted by molar-refractivity contribution is 1.07. The van der Waals surface area contributed by atoms with Crippen molar-refractivity contribution in [3.05, 3.63) is 194 Å². The van der Waals surface area contributed by atoms with Gasteiger partial charge in [-0.1, -0.05) is 152 Å². The Balaban J connectivity index is 1.23. The number of hydrogen-bond donors (Lipinski definition) is 0. The van der Waals surface area contributed by atoms with Crippen LogP contribution in [0.3, 0.4) is 0 Å². The molecule has 0 atom stereocenters. The molecule has 0 bridgehead atoms. The molecule has 0 aliphatic rings. The maximum atomic E-state index is 9.01. The van der Waals surface area contributed by atoms with Crippen LogP contribution in [-0.4, -0.2) is 19.5 Å². The smallest absolute Gasteiger partial charge is 0.166 e. The van der Waals surface area contributed by atoms with Gasteiger partial charge < -0.3 is 4.57 Å². The van der Waals surface area contributed by atoms with Gasteiger partial charge in [-0.05, 0) is 59.2 Å².